The number of rotatable bonds is 5. The van der Waals surface area contributed by atoms with Crippen LogP contribution in [0.4, 0.5) is 5.82 Å². The lowest BCUT2D eigenvalue weighted by Crippen LogP contribution is -2.43. The van der Waals surface area contributed by atoms with Gasteiger partial charge in [-0.25, -0.2) is 9.97 Å². The molecule has 1 aromatic carbocycles. The van der Waals surface area contributed by atoms with Crippen LogP contribution in [0.25, 0.3) is 0 Å². The highest BCUT2D eigenvalue weighted by Crippen LogP contribution is 2.33. The van der Waals surface area contributed by atoms with Crippen molar-refractivity contribution in [3.05, 3.63) is 42.7 Å². The van der Waals surface area contributed by atoms with E-state index in [0.29, 0.717) is 6.04 Å². The van der Waals surface area contributed by atoms with Crippen LogP contribution >= 0.6 is 11.8 Å². The van der Waals surface area contributed by atoms with Crippen molar-refractivity contribution < 1.29 is 4.79 Å². The summed E-state index contributed by atoms with van der Waals surface area (Å²) in [5, 5.41) is 4.19. The van der Waals surface area contributed by atoms with E-state index in [2.05, 4.69) is 32.3 Å². The average Bonchev–Trinajstić information content (AvgIpc) is 3.22. The van der Waals surface area contributed by atoms with Crippen LogP contribution in [0.3, 0.4) is 0 Å². The third kappa shape index (κ3) is 4.61. The van der Waals surface area contributed by atoms with Crippen LogP contribution in [0.5, 0.6) is 0 Å². The summed E-state index contributed by atoms with van der Waals surface area (Å²) in [6.07, 6.45) is 10.0. The number of benzene rings is 1. The summed E-state index contributed by atoms with van der Waals surface area (Å²) in [6, 6.07) is 10.7. The van der Waals surface area contributed by atoms with Crippen molar-refractivity contribution >= 4 is 23.5 Å². The van der Waals surface area contributed by atoms with Crippen molar-refractivity contribution in [1.29, 1.82) is 0 Å². The van der Waals surface area contributed by atoms with E-state index in [-0.39, 0.29) is 11.8 Å². The molecule has 1 N–H and O–H groups in total. The Morgan fingerprint density at radius 2 is 1.70 bits per heavy atom. The lowest BCUT2D eigenvalue weighted by Gasteiger charge is -2.33. The molecule has 0 radical (unpaired) electrons. The number of amides is 1. The molecule has 27 heavy (non-hydrogen) atoms. The Kier molecular flexibility index (Phi) is 5.92. The van der Waals surface area contributed by atoms with E-state index < -0.39 is 0 Å². The normalized spacial score (nSPS) is 18.6. The third-order valence-electron chi connectivity index (χ3n) is 5.47. The number of carbonyl (C=O) groups excluding carboxylic acids is 1. The van der Waals surface area contributed by atoms with E-state index in [1.807, 2.05) is 18.2 Å². The molecular formula is C21H26N4OS. The number of carbonyl (C=O) groups is 1. The maximum Gasteiger partial charge on any atom is 0.223 e. The molecule has 4 rings (SSSR count). The van der Waals surface area contributed by atoms with E-state index in [0.717, 1.165) is 54.5 Å². The van der Waals surface area contributed by atoms with E-state index in [1.165, 1.54) is 12.8 Å². The van der Waals surface area contributed by atoms with Crippen LogP contribution in [-0.2, 0) is 4.79 Å². The van der Waals surface area contributed by atoms with Crippen molar-refractivity contribution in [3.8, 4) is 0 Å². The zero-order valence-corrected chi connectivity index (χ0v) is 16.3. The van der Waals surface area contributed by atoms with E-state index >= 15 is 0 Å². The van der Waals surface area contributed by atoms with Gasteiger partial charge in [0.25, 0.3) is 0 Å². The van der Waals surface area contributed by atoms with Gasteiger partial charge in [0, 0.05) is 42.3 Å². The van der Waals surface area contributed by atoms with Gasteiger partial charge in [0.1, 0.15) is 5.03 Å². The Balaban J connectivity index is 1.37. The van der Waals surface area contributed by atoms with Crippen molar-refractivity contribution in [2.75, 3.05) is 18.0 Å². The van der Waals surface area contributed by atoms with Gasteiger partial charge in [-0.15, -0.1) is 0 Å². The maximum atomic E-state index is 12.5. The van der Waals surface area contributed by atoms with Gasteiger partial charge >= 0.3 is 0 Å². The summed E-state index contributed by atoms with van der Waals surface area (Å²) in [7, 11) is 0. The number of anilines is 1. The topological polar surface area (TPSA) is 58.1 Å². The number of hydrogen-bond acceptors (Lipinski definition) is 5. The predicted octanol–water partition coefficient (Wildman–Crippen LogP) is 3.90. The number of nitrogens with one attached hydrogen (secondary N) is 1. The number of nitrogens with zero attached hydrogens (tertiary/aromatic N) is 3. The van der Waals surface area contributed by atoms with Gasteiger partial charge < -0.3 is 10.2 Å². The van der Waals surface area contributed by atoms with Crippen molar-refractivity contribution in [3.63, 3.8) is 0 Å². The van der Waals surface area contributed by atoms with Crippen molar-refractivity contribution in [2.45, 2.75) is 54.5 Å². The van der Waals surface area contributed by atoms with E-state index in [4.69, 9.17) is 0 Å². The fourth-order valence-electron chi connectivity index (χ4n) is 3.95. The lowest BCUT2D eigenvalue weighted by atomic mass is 9.95. The number of aromatic nitrogens is 2. The SMILES string of the molecule is O=C(NC1CCCC1)C1CCN(c2nccnc2Sc2ccccc2)CC1. The fourth-order valence-corrected chi connectivity index (χ4v) is 4.85. The summed E-state index contributed by atoms with van der Waals surface area (Å²) < 4.78 is 0. The van der Waals surface area contributed by atoms with Crippen LogP contribution in [0.15, 0.2) is 52.6 Å². The van der Waals surface area contributed by atoms with Crippen LogP contribution in [-0.4, -0.2) is 35.0 Å². The van der Waals surface area contributed by atoms with E-state index in [1.54, 1.807) is 24.2 Å². The Labute approximate surface area is 165 Å². The highest BCUT2D eigenvalue weighted by molar-refractivity contribution is 7.99. The standard InChI is InChI=1S/C21H26N4OS/c26-20(24-17-6-4-5-7-17)16-10-14-25(15-11-16)19-21(23-13-12-22-19)27-18-8-2-1-3-9-18/h1-3,8-9,12-13,16-17H,4-7,10-11,14-15H2,(H,24,26). The molecule has 0 bridgehead atoms. The highest BCUT2D eigenvalue weighted by atomic mass is 32.2. The summed E-state index contributed by atoms with van der Waals surface area (Å²) in [6.45, 7) is 1.70. The molecule has 1 aliphatic carbocycles. The second kappa shape index (κ2) is 8.74. The zero-order chi connectivity index (χ0) is 18.5. The summed E-state index contributed by atoms with van der Waals surface area (Å²) >= 11 is 1.64. The third-order valence-corrected chi connectivity index (χ3v) is 6.46. The van der Waals surface area contributed by atoms with Crippen LogP contribution < -0.4 is 10.2 Å². The van der Waals surface area contributed by atoms with Crippen LogP contribution in [0, 0.1) is 5.92 Å². The smallest absolute Gasteiger partial charge is 0.223 e. The van der Waals surface area contributed by atoms with Gasteiger partial charge in [0.2, 0.25) is 5.91 Å². The molecule has 1 aromatic heterocycles. The molecule has 5 nitrogen and oxygen atoms in total. The van der Waals surface area contributed by atoms with E-state index in [9.17, 15) is 4.79 Å². The molecule has 1 saturated carbocycles. The predicted molar refractivity (Wildman–Crippen MR) is 108 cm³/mol. The van der Waals surface area contributed by atoms with Gasteiger partial charge in [-0.05, 0) is 37.8 Å². The quantitative estimate of drug-likeness (QED) is 0.850. The average molecular weight is 383 g/mol. The molecule has 1 amide bonds. The molecule has 0 spiro atoms. The molecule has 6 heteroatoms. The Hall–Kier alpha value is -2.08. The molecule has 2 aromatic rings. The molecule has 2 aliphatic rings. The molecule has 2 heterocycles. The first kappa shape index (κ1) is 18.3. The Bertz CT molecular complexity index is 756. The molecule has 0 atom stereocenters. The lowest BCUT2D eigenvalue weighted by molar-refractivity contribution is -0.126. The first-order chi connectivity index (χ1) is 13.3. The monoisotopic (exact) mass is 382 g/mol. The first-order valence-corrected chi connectivity index (χ1v) is 10.7. The second-order valence-electron chi connectivity index (χ2n) is 7.35. The molecular weight excluding hydrogens is 356 g/mol. The second-order valence-corrected chi connectivity index (χ2v) is 8.41. The fraction of sp³-hybridized carbons (Fsp3) is 0.476. The largest absolute Gasteiger partial charge is 0.354 e. The van der Waals surface area contributed by atoms with Crippen LogP contribution in [0.2, 0.25) is 0 Å². The van der Waals surface area contributed by atoms with Gasteiger partial charge in [-0.2, -0.15) is 0 Å². The molecule has 0 unspecified atom stereocenters. The van der Waals surface area contributed by atoms with Crippen molar-refractivity contribution in [1.82, 2.24) is 15.3 Å². The van der Waals surface area contributed by atoms with Gasteiger partial charge in [-0.1, -0.05) is 42.8 Å². The minimum absolute atomic E-state index is 0.128. The van der Waals surface area contributed by atoms with Gasteiger partial charge in [-0.3, -0.25) is 4.79 Å². The number of hydrogen-bond donors (Lipinski definition) is 1. The van der Waals surface area contributed by atoms with Crippen LogP contribution in [0.1, 0.15) is 38.5 Å². The van der Waals surface area contributed by atoms with Crippen molar-refractivity contribution in [2.24, 2.45) is 5.92 Å². The molecule has 1 saturated heterocycles. The summed E-state index contributed by atoms with van der Waals surface area (Å²) in [5.41, 5.74) is 0. The van der Waals surface area contributed by atoms with Gasteiger partial charge in [0.15, 0.2) is 5.82 Å². The minimum atomic E-state index is 0.128. The highest BCUT2D eigenvalue weighted by Gasteiger charge is 2.28. The minimum Gasteiger partial charge on any atom is -0.354 e. The Morgan fingerprint density at radius 1 is 1.00 bits per heavy atom. The van der Waals surface area contributed by atoms with Gasteiger partial charge in [0.05, 0.1) is 0 Å². The molecule has 1 aliphatic heterocycles. The zero-order valence-electron chi connectivity index (χ0n) is 15.5. The molecule has 2 fully saturated rings. The Morgan fingerprint density at radius 3 is 2.44 bits per heavy atom. The first-order valence-electron chi connectivity index (χ1n) is 9.89. The summed E-state index contributed by atoms with van der Waals surface area (Å²) in [4.78, 5) is 25.1. The molecule has 142 valence electrons. The number of piperidine rings is 1. The summed E-state index contributed by atoms with van der Waals surface area (Å²) in [5.74, 6) is 1.31. The maximum absolute atomic E-state index is 12.5.